The van der Waals surface area contributed by atoms with Gasteiger partial charge in [0.1, 0.15) is 5.60 Å². The molecule has 0 radical (unpaired) electrons. The van der Waals surface area contributed by atoms with Gasteiger partial charge in [0, 0.05) is 25.7 Å². The molecule has 134 valence electrons. The maximum atomic E-state index is 12.4. The normalized spacial score (nSPS) is 18.8. The molecule has 1 aliphatic heterocycles. The van der Waals surface area contributed by atoms with Gasteiger partial charge in [-0.15, -0.1) is 5.10 Å². The first-order valence-electron chi connectivity index (χ1n) is 8.41. The second-order valence-electron chi connectivity index (χ2n) is 7.37. The largest absolute Gasteiger partial charge is 0.444 e. The molecule has 1 aromatic rings. The number of nitrogens with zero attached hydrogens (tertiary/aromatic N) is 4. The van der Waals surface area contributed by atoms with Crippen LogP contribution in [0, 0.1) is 0 Å². The van der Waals surface area contributed by atoms with Crippen LogP contribution in [0.1, 0.15) is 45.7 Å². The van der Waals surface area contributed by atoms with Crippen molar-refractivity contribution in [2.45, 2.75) is 58.2 Å². The molecule has 1 atom stereocenters. The van der Waals surface area contributed by atoms with Crippen molar-refractivity contribution >= 4 is 17.7 Å². The van der Waals surface area contributed by atoms with E-state index in [0.717, 1.165) is 38.0 Å². The average Bonchev–Trinajstić information content (AvgIpc) is 2.48. The molecule has 0 spiro atoms. The number of likely N-dealkylation sites (tertiary alicyclic amines) is 1. The summed E-state index contributed by atoms with van der Waals surface area (Å²) in [6.45, 7) is 7.90. The Morgan fingerprint density at radius 3 is 2.75 bits per heavy atom. The van der Waals surface area contributed by atoms with Gasteiger partial charge in [-0.1, -0.05) is 11.6 Å². The number of likely N-dealkylation sites (N-methyl/N-ethyl adjacent to an activating group) is 1. The van der Waals surface area contributed by atoms with Crippen LogP contribution < -0.4 is 0 Å². The van der Waals surface area contributed by atoms with E-state index >= 15 is 0 Å². The highest BCUT2D eigenvalue weighted by Gasteiger charge is 2.31. The highest BCUT2D eigenvalue weighted by atomic mass is 35.5. The van der Waals surface area contributed by atoms with Crippen LogP contribution in [0.5, 0.6) is 0 Å². The molecule has 0 bridgehead atoms. The molecular formula is C17H27ClN4O2. The second kappa shape index (κ2) is 8.12. The lowest BCUT2D eigenvalue weighted by Crippen LogP contribution is -2.50. The fourth-order valence-corrected chi connectivity index (χ4v) is 2.98. The summed E-state index contributed by atoms with van der Waals surface area (Å²) in [5.74, 6) is 0. The Labute approximate surface area is 149 Å². The first-order chi connectivity index (χ1) is 11.2. The third-order valence-electron chi connectivity index (χ3n) is 3.90. The van der Waals surface area contributed by atoms with Gasteiger partial charge in [0.15, 0.2) is 5.15 Å². The number of aromatic nitrogens is 2. The summed E-state index contributed by atoms with van der Waals surface area (Å²) in [6, 6.07) is 3.78. The third-order valence-corrected chi connectivity index (χ3v) is 4.10. The second-order valence-corrected chi connectivity index (χ2v) is 7.75. The van der Waals surface area contributed by atoms with Crippen LogP contribution in [0.4, 0.5) is 4.79 Å². The van der Waals surface area contributed by atoms with Crippen molar-refractivity contribution in [3.8, 4) is 0 Å². The fraction of sp³-hybridized carbons (Fsp3) is 0.706. The van der Waals surface area contributed by atoms with E-state index in [9.17, 15) is 4.79 Å². The summed E-state index contributed by atoms with van der Waals surface area (Å²) >= 11 is 5.77. The number of piperidine rings is 1. The molecule has 0 saturated carbocycles. The van der Waals surface area contributed by atoms with E-state index in [0.29, 0.717) is 11.7 Å². The molecule has 0 aliphatic carbocycles. The summed E-state index contributed by atoms with van der Waals surface area (Å²) < 4.78 is 5.55. The highest BCUT2D eigenvalue weighted by Crippen LogP contribution is 2.21. The number of halogens is 1. The molecule has 1 aliphatic rings. The molecule has 0 aromatic carbocycles. The number of ether oxygens (including phenoxy) is 1. The lowest BCUT2D eigenvalue weighted by Gasteiger charge is -2.38. The third kappa shape index (κ3) is 5.91. The van der Waals surface area contributed by atoms with Crippen molar-refractivity contribution in [2.24, 2.45) is 0 Å². The zero-order valence-electron chi connectivity index (χ0n) is 15.0. The molecule has 0 N–H and O–H groups in total. The number of rotatable bonds is 4. The molecule has 1 fully saturated rings. The van der Waals surface area contributed by atoms with Gasteiger partial charge in [-0.2, -0.15) is 5.10 Å². The van der Waals surface area contributed by atoms with E-state index in [2.05, 4.69) is 15.1 Å². The van der Waals surface area contributed by atoms with Gasteiger partial charge in [0.25, 0.3) is 0 Å². The Hall–Kier alpha value is -1.40. The Balaban J connectivity index is 1.94. The number of carbonyl (C=O) groups is 1. The van der Waals surface area contributed by atoms with Gasteiger partial charge in [-0.05, 0) is 59.2 Å². The van der Waals surface area contributed by atoms with Crippen LogP contribution in [0.15, 0.2) is 12.1 Å². The van der Waals surface area contributed by atoms with Crippen molar-refractivity contribution in [3.05, 3.63) is 23.0 Å². The van der Waals surface area contributed by atoms with E-state index in [1.54, 1.807) is 6.07 Å². The lowest BCUT2D eigenvalue weighted by molar-refractivity contribution is 0.00582. The van der Waals surface area contributed by atoms with Crippen LogP contribution in [-0.4, -0.2) is 57.9 Å². The van der Waals surface area contributed by atoms with Gasteiger partial charge < -0.3 is 9.64 Å². The van der Waals surface area contributed by atoms with Crippen molar-refractivity contribution < 1.29 is 9.53 Å². The molecular weight excluding hydrogens is 328 g/mol. The minimum Gasteiger partial charge on any atom is -0.444 e. The van der Waals surface area contributed by atoms with E-state index < -0.39 is 5.60 Å². The summed E-state index contributed by atoms with van der Waals surface area (Å²) in [5, 5.41) is 8.35. The summed E-state index contributed by atoms with van der Waals surface area (Å²) in [5.41, 5.74) is 0.394. The predicted octanol–water partition coefficient (Wildman–Crippen LogP) is 3.35. The quantitative estimate of drug-likeness (QED) is 0.829. The zero-order chi connectivity index (χ0) is 17.7. The number of hydrogen-bond donors (Lipinski definition) is 0. The maximum Gasteiger partial charge on any atom is 0.410 e. The van der Waals surface area contributed by atoms with Crippen molar-refractivity contribution in [2.75, 3.05) is 20.1 Å². The smallest absolute Gasteiger partial charge is 0.410 e. The number of amides is 1. The molecule has 6 nitrogen and oxygen atoms in total. The first-order valence-corrected chi connectivity index (χ1v) is 8.78. The van der Waals surface area contributed by atoms with Gasteiger partial charge in [-0.3, -0.25) is 4.90 Å². The van der Waals surface area contributed by atoms with Crippen LogP contribution in [-0.2, 0) is 11.3 Å². The number of hydrogen-bond acceptors (Lipinski definition) is 5. The van der Waals surface area contributed by atoms with Gasteiger partial charge >= 0.3 is 6.09 Å². The topological polar surface area (TPSA) is 58.6 Å². The minimum atomic E-state index is -0.468. The summed E-state index contributed by atoms with van der Waals surface area (Å²) in [6.07, 6.45) is 2.95. The van der Waals surface area contributed by atoms with Crippen molar-refractivity contribution in [1.29, 1.82) is 0 Å². The standard InChI is InChI=1S/C17H27ClN4O2/c1-17(2,3)24-16(23)22-10-6-5-7-14(22)12-21(4)11-13-8-9-15(18)20-19-13/h8-9,14H,5-7,10-12H2,1-4H3/t14-/m1/s1. The van der Waals surface area contributed by atoms with Gasteiger partial charge in [0.05, 0.1) is 5.69 Å². The van der Waals surface area contributed by atoms with Crippen LogP contribution >= 0.6 is 11.6 Å². The Kier molecular flexibility index (Phi) is 6.40. The fourth-order valence-electron chi connectivity index (χ4n) is 2.88. The lowest BCUT2D eigenvalue weighted by atomic mass is 10.0. The van der Waals surface area contributed by atoms with Crippen LogP contribution in [0.3, 0.4) is 0 Å². The Morgan fingerprint density at radius 2 is 2.12 bits per heavy atom. The predicted molar refractivity (Wildman–Crippen MR) is 94.0 cm³/mol. The van der Waals surface area contributed by atoms with E-state index in [-0.39, 0.29) is 12.1 Å². The van der Waals surface area contributed by atoms with Crippen LogP contribution in [0.2, 0.25) is 5.15 Å². The summed E-state index contributed by atoms with van der Waals surface area (Å²) in [4.78, 5) is 16.5. The Bertz CT molecular complexity index is 545. The maximum absolute atomic E-state index is 12.4. The SMILES string of the molecule is CN(Cc1ccc(Cl)nn1)C[C@H]1CCCCN1C(=O)OC(C)(C)C. The highest BCUT2D eigenvalue weighted by molar-refractivity contribution is 6.29. The van der Waals surface area contributed by atoms with Crippen molar-refractivity contribution in [3.63, 3.8) is 0 Å². The van der Waals surface area contributed by atoms with Crippen molar-refractivity contribution in [1.82, 2.24) is 20.0 Å². The molecule has 1 amide bonds. The molecule has 7 heteroatoms. The van der Waals surface area contributed by atoms with Crippen LogP contribution in [0.25, 0.3) is 0 Å². The number of carbonyl (C=O) groups excluding carboxylic acids is 1. The van der Waals surface area contributed by atoms with Gasteiger partial charge in [0.2, 0.25) is 0 Å². The Morgan fingerprint density at radius 1 is 1.38 bits per heavy atom. The molecule has 0 unspecified atom stereocenters. The van der Waals surface area contributed by atoms with E-state index in [1.165, 1.54) is 0 Å². The molecule has 24 heavy (non-hydrogen) atoms. The zero-order valence-corrected chi connectivity index (χ0v) is 15.7. The van der Waals surface area contributed by atoms with Gasteiger partial charge in [-0.25, -0.2) is 4.79 Å². The summed E-state index contributed by atoms with van der Waals surface area (Å²) in [7, 11) is 2.03. The monoisotopic (exact) mass is 354 g/mol. The molecule has 1 saturated heterocycles. The van der Waals surface area contributed by atoms with E-state index in [4.69, 9.17) is 16.3 Å². The molecule has 2 heterocycles. The molecule has 2 rings (SSSR count). The molecule has 1 aromatic heterocycles. The minimum absolute atomic E-state index is 0.166. The first kappa shape index (κ1) is 18.9. The van der Waals surface area contributed by atoms with E-state index in [1.807, 2.05) is 38.8 Å². The average molecular weight is 355 g/mol.